The fourth-order valence-corrected chi connectivity index (χ4v) is 2.65. The Kier molecular flexibility index (Phi) is 6.81. The van der Waals surface area contributed by atoms with Crippen LogP contribution in [0.1, 0.15) is 11.4 Å². The summed E-state index contributed by atoms with van der Waals surface area (Å²) in [7, 11) is 1.51. The van der Waals surface area contributed by atoms with Crippen LogP contribution < -0.4 is 20.3 Å². The number of aromatic amines is 1. The molecule has 0 aliphatic carbocycles. The lowest BCUT2D eigenvalue weighted by Gasteiger charge is -2.10. The molecular weight excluding hydrogens is 420 g/mol. The van der Waals surface area contributed by atoms with Crippen molar-refractivity contribution in [2.75, 3.05) is 19.0 Å². The summed E-state index contributed by atoms with van der Waals surface area (Å²) in [5.74, 6) is -0.377. The van der Waals surface area contributed by atoms with E-state index in [2.05, 4.69) is 15.3 Å². The fourth-order valence-electron chi connectivity index (χ4n) is 2.65. The first kappa shape index (κ1) is 22.0. The molecule has 11 heteroatoms. The average molecular weight is 438 g/mol. The van der Waals surface area contributed by atoms with Gasteiger partial charge in [-0.15, -0.1) is 0 Å². The van der Waals surface area contributed by atoms with Gasteiger partial charge in [0.2, 0.25) is 0 Å². The molecule has 164 valence electrons. The van der Waals surface area contributed by atoms with Gasteiger partial charge >= 0.3 is 11.2 Å². The smallest absolute Gasteiger partial charge is 0.395 e. The Hall–Kier alpha value is -4.67. The third kappa shape index (κ3) is 5.48. The molecule has 0 radical (unpaired) electrons. The minimum absolute atomic E-state index is 0.0496. The summed E-state index contributed by atoms with van der Waals surface area (Å²) >= 11 is 0. The predicted molar refractivity (Wildman–Crippen MR) is 116 cm³/mol. The summed E-state index contributed by atoms with van der Waals surface area (Å²) < 4.78 is 10.6. The molecule has 3 N–H and O–H groups in total. The molecule has 0 spiro atoms. The highest BCUT2D eigenvalue weighted by Crippen LogP contribution is 2.23. The number of hydrogen-bond acceptors (Lipinski definition) is 8. The van der Waals surface area contributed by atoms with E-state index in [1.165, 1.54) is 13.2 Å². The highest BCUT2D eigenvalue weighted by Gasteiger charge is 2.21. The zero-order valence-corrected chi connectivity index (χ0v) is 16.8. The number of aromatic hydroxyl groups is 1. The quantitative estimate of drug-likeness (QED) is 0.358. The number of hydrogen-bond donors (Lipinski definition) is 3. The minimum Gasteiger partial charge on any atom is -0.495 e. The van der Waals surface area contributed by atoms with E-state index in [9.17, 15) is 24.8 Å². The largest absolute Gasteiger partial charge is 0.495 e. The van der Waals surface area contributed by atoms with Crippen LogP contribution in [0.2, 0.25) is 0 Å². The van der Waals surface area contributed by atoms with Crippen molar-refractivity contribution in [2.45, 2.75) is 0 Å². The molecule has 0 saturated carbocycles. The van der Waals surface area contributed by atoms with E-state index in [0.29, 0.717) is 22.7 Å². The lowest BCUT2D eigenvalue weighted by Crippen LogP contribution is -2.20. The topological polar surface area (TPSA) is 157 Å². The van der Waals surface area contributed by atoms with E-state index in [0.717, 1.165) is 0 Å². The van der Waals surface area contributed by atoms with Gasteiger partial charge in [-0.1, -0.05) is 30.3 Å². The summed E-state index contributed by atoms with van der Waals surface area (Å²) in [5.41, 5.74) is -0.847. The molecule has 11 nitrogen and oxygen atoms in total. The van der Waals surface area contributed by atoms with Gasteiger partial charge in [0.15, 0.2) is 6.61 Å². The van der Waals surface area contributed by atoms with Crippen molar-refractivity contribution in [1.29, 1.82) is 0 Å². The lowest BCUT2D eigenvalue weighted by molar-refractivity contribution is -0.387. The Morgan fingerprint density at radius 2 is 1.94 bits per heavy atom. The maximum atomic E-state index is 12.1. The number of ether oxygens (including phenoxy) is 2. The Labute approximate surface area is 181 Å². The van der Waals surface area contributed by atoms with Crippen molar-refractivity contribution in [1.82, 2.24) is 9.97 Å². The lowest BCUT2D eigenvalue weighted by atomic mass is 10.2. The summed E-state index contributed by atoms with van der Waals surface area (Å²) in [6.45, 7) is -0.208. The highest BCUT2D eigenvalue weighted by atomic mass is 16.6. The van der Waals surface area contributed by atoms with Crippen LogP contribution in [-0.4, -0.2) is 39.6 Å². The summed E-state index contributed by atoms with van der Waals surface area (Å²) in [6, 6.07) is 13.7. The Balaban J connectivity index is 1.59. The molecular formula is C21H18N4O7. The number of benzene rings is 2. The number of nitrogens with zero attached hydrogens (tertiary/aromatic N) is 2. The Bertz CT molecular complexity index is 1220. The van der Waals surface area contributed by atoms with Crippen molar-refractivity contribution in [3.8, 4) is 17.4 Å². The van der Waals surface area contributed by atoms with Gasteiger partial charge in [0.05, 0.1) is 17.7 Å². The van der Waals surface area contributed by atoms with Crippen LogP contribution in [0.5, 0.6) is 17.4 Å². The second-order valence-corrected chi connectivity index (χ2v) is 6.32. The summed E-state index contributed by atoms with van der Waals surface area (Å²) in [4.78, 5) is 39.2. The van der Waals surface area contributed by atoms with Gasteiger partial charge in [0, 0.05) is 0 Å². The molecule has 1 aromatic heterocycles. The normalized spacial score (nSPS) is 10.7. The van der Waals surface area contributed by atoms with Crippen molar-refractivity contribution >= 4 is 29.4 Å². The number of aromatic nitrogens is 2. The molecule has 32 heavy (non-hydrogen) atoms. The fraction of sp³-hybridized carbons (Fsp3) is 0.0952. The minimum atomic E-state index is -1.06. The van der Waals surface area contributed by atoms with Crippen molar-refractivity contribution < 1.29 is 24.3 Å². The number of anilines is 1. The maximum Gasteiger partial charge on any atom is 0.395 e. The van der Waals surface area contributed by atoms with E-state index in [-0.39, 0.29) is 18.3 Å². The summed E-state index contributed by atoms with van der Waals surface area (Å²) in [6.07, 6.45) is 2.95. The van der Waals surface area contributed by atoms with Crippen LogP contribution in [-0.2, 0) is 4.79 Å². The van der Waals surface area contributed by atoms with Crippen molar-refractivity contribution in [3.63, 3.8) is 0 Å². The SMILES string of the molecule is COc1ccccc1NC(=O)COc1ccc(/C=C/c2nc(O)c([N+](=O)[O-])c(=O)[nH]2)cc1. The second kappa shape index (κ2) is 9.89. The van der Waals surface area contributed by atoms with E-state index < -0.39 is 22.0 Å². The van der Waals surface area contributed by atoms with Crippen LogP contribution in [0.15, 0.2) is 53.3 Å². The van der Waals surface area contributed by atoms with Gasteiger partial charge in [-0.05, 0) is 35.9 Å². The van der Waals surface area contributed by atoms with Crippen LogP contribution in [0.25, 0.3) is 12.2 Å². The van der Waals surface area contributed by atoms with E-state index in [1.54, 1.807) is 54.6 Å². The molecule has 2 aromatic carbocycles. The number of amides is 1. The molecule has 0 aliphatic rings. The third-order valence-electron chi connectivity index (χ3n) is 4.14. The number of H-pyrrole nitrogens is 1. The van der Waals surface area contributed by atoms with Crippen LogP contribution in [0, 0.1) is 10.1 Å². The number of para-hydroxylation sites is 2. The number of nitro groups is 1. The number of rotatable bonds is 8. The van der Waals surface area contributed by atoms with E-state index in [4.69, 9.17) is 9.47 Å². The number of carbonyl (C=O) groups excluding carboxylic acids is 1. The Morgan fingerprint density at radius 1 is 1.22 bits per heavy atom. The number of methoxy groups -OCH3 is 1. The first-order chi connectivity index (χ1) is 15.4. The molecule has 1 heterocycles. The van der Waals surface area contributed by atoms with Crippen molar-refractivity contribution in [2.24, 2.45) is 0 Å². The van der Waals surface area contributed by atoms with Gasteiger partial charge in [0.25, 0.3) is 11.8 Å². The molecule has 0 aliphatic heterocycles. The molecule has 0 unspecified atom stereocenters. The van der Waals surface area contributed by atoms with Crippen LogP contribution in [0.3, 0.4) is 0 Å². The third-order valence-corrected chi connectivity index (χ3v) is 4.14. The van der Waals surface area contributed by atoms with Crippen LogP contribution >= 0.6 is 0 Å². The molecule has 3 rings (SSSR count). The van der Waals surface area contributed by atoms with Gasteiger partial charge in [-0.25, -0.2) is 0 Å². The monoisotopic (exact) mass is 438 g/mol. The molecule has 0 saturated heterocycles. The molecule has 3 aromatic rings. The first-order valence-electron chi connectivity index (χ1n) is 9.19. The summed E-state index contributed by atoms with van der Waals surface area (Å²) in [5, 5.41) is 22.9. The molecule has 0 bridgehead atoms. The van der Waals surface area contributed by atoms with Gasteiger partial charge in [-0.2, -0.15) is 4.98 Å². The van der Waals surface area contributed by atoms with Gasteiger partial charge in [-0.3, -0.25) is 19.7 Å². The van der Waals surface area contributed by atoms with E-state index >= 15 is 0 Å². The highest BCUT2D eigenvalue weighted by molar-refractivity contribution is 5.93. The van der Waals surface area contributed by atoms with E-state index in [1.807, 2.05) is 0 Å². The zero-order valence-electron chi connectivity index (χ0n) is 16.8. The maximum absolute atomic E-state index is 12.1. The zero-order chi connectivity index (χ0) is 23.1. The van der Waals surface area contributed by atoms with Crippen LogP contribution in [0.4, 0.5) is 11.4 Å². The van der Waals surface area contributed by atoms with Gasteiger partial charge < -0.3 is 24.9 Å². The second-order valence-electron chi connectivity index (χ2n) is 6.32. The van der Waals surface area contributed by atoms with Crippen molar-refractivity contribution in [3.05, 3.63) is 80.4 Å². The predicted octanol–water partition coefficient (Wildman–Crippen LogP) is 2.58. The molecule has 1 amide bonds. The number of carbonyl (C=O) groups is 1. The average Bonchev–Trinajstić information content (AvgIpc) is 2.76. The number of nitrogens with one attached hydrogen (secondary N) is 2. The Morgan fingerprint density at radius 3 is 2.59 bits per heavy atom. The molecule has 0 atom stereocenters. The standard InChI is InChI=1S/C21H18N4O7/c1-31-16-5-3-2-4-15(16)22-18(26)12-32-14-9-6-13(7-10-14)8-11-17-23-20(27)19(25(29)30)21(28)24-17/h2-11H,12H2,1H3,(H,22,26)(H2,23,24,27,28)/b11-8+. The van der Waals surface area contributed by atoms with Gasteiger partial charge in [0.1, 0.15) is 17.3 Å². The first-order valence-corrected chi connectivity index (χ1v) is 9.19. The molecule has 0 fully saturated rings.